The van der Waals surface area contributed by atoms with Crippen molar-refractivity contribution < 1.29 is 18.1 Å². The van der Waals surface area contributed by atoms with Gasteiger partial charge in [0, 0.05) is 0 Å². The zero-order chi connectivity index (χ0) is 12.4. The van der Waals surface area contributed by atoms with Gasteiger partial charge in [-0.25, -0.2) is 4.57 Å². The number of hydrogen-bond acceptors (Lipinski definition) is 4. The predicted molar refractivity (Wildman–Crippen MR) is 65.5 cm³/mol. The van der Waals surface area contributed by atoms with Gasteiger partial charge in [0.05, 0.1) is 19.3 Å². The van der Waals surface area contributed by atoms with Crippen LogP contribution in [-0.2, 0) is 18.1 Å². The Bertz CT molecular complexity index is 196. The molecule has 0 amide bonds. The van der Waals surface area contributed by atoms with Crippen LogP contribution < -0.4 is 0 Å². The summed E-state index contributed by atoms with van der Waals surface area (Å²) in [5.41, 5.74) is 0. The summed E-state index contributed by atoms with van der Waals surface area (Å²) in [6.45, 7) is 8.67. The number of hydrogen-bond donors (Lipinski definition) is 0. The van der Waals surface area contributed by atoms with Crippen LogP contribution in [0.25, 0.3) is 0 Å². The number of phosphoric acid groups is 1. The van der Waals surface area contributed by atoms with Crippen LogP contribution in [0.2, 0.25) is 0 Å². The summed E-state index contributed by atoms with van der Waals surface area (Å²) in [5, 5.41) is 0. The maximum atomic E-state index is 12.1. The van der Waals surface area contributed by atoms with E-state index < -0.39 is 7.82 Å². The van der Waals surface area contributed by atoms with Crippen LogP contribution in [-0.4, -0.2) is 19.3 Å². The van der Waals surface area contributed by atoms with Crippen LogP contribution in [0.15, 0.2) is 0 Å². The van der Waals surface area contributed by atoms with Crippen LogP contribution >= 0.6 is 7.82 Å². The molecule has 0 aromatic carbocycles. The lowest BCUT2D eigenvalue weighted by Gasteiger charge is -2.21. The van der Waals surface area contributed by atoms with Gasteiger partial charge in [0.25, 0.3) is 0 Å². The van der Waals surface area contributed by atoms with E-state index in [0.717, 1.165) is 25.7 Å². The van der Waals surface area contributed by atoms with Gasteiger partial charge in [0.1, 0.15) is 0 Å². The largest absolute Gasteiger partial charge is 0.475 e. The summed E-state index contributed by atoms with van der Waals surface area (Å²) in [6.07, 6.45) is 3.35. The molecule has 0 aliphatic carbocycles. The van der Waals surface area contributed by atoms with Gasteiger partial charge in [-0.05, 0) is 26.2 Å². The lowest BCUT2D eigenvalue weighted by atomic mass is 10.2. The van der Waals surface area contributed by atoms with Gasteiger partial charge < -0.3 is 0 Å². The van der Waals surface area contributed by atoms with Crippen molar-refractivity contribution in [2.24, 2.45) is 0 Å². The highest BCUT2D eigenvalue weighted by Gasteiger charge is 2.28. The van der Waals surface area contributed by atoms with Crippen molar-refractivity contribution in [3.8, 4) is 0 Å². The van der Waals surface area contributed by atoms with Crippen LogP contribution in [0, 0.1) is 0 Å². The van der Waals surface area contributed by atoms with Gasteiger partial charge in [-0.1, -0.05) is 27.2 Å². The summed E-state index contributed by atoms with van der Waals surface area (Å²) >= 11 is 0. The second-order valence-electron chi connectivity index (χ2n) is 3.82. The predicted octanol–water partition coefficient (Wildman–Crippen LogP) is 4.15. The standard InChI is InChI=1S/C11H25O4P/c1-5-8-11(4)15-16(12,13-9-6-2)14-10-7-3/h11H,5-10H2,1-4H3. The summed E-state index contributed by atoms with van der Waals surface area (Å²) in [5.74, 6) is 0. The molecular weight excluding hydrogens is 227 g/mol. The van der Waals surface area contributed by atoms with Gasteiger partial charge in [-0.3, -0.25) is 13.6 Å². The molecule has 0 spiro atoms. The minimum atomic E-state index is -3.34. The van der Waals surface area contributed by atoms with E-state index in [1.807, 2.05) is 20.8 Å². The van der Waals surface area contributed by atoms with Gasteiger partial charge in [-0.15, -0.1) is 0 Å². The molecule has 0 aliphatic rings. The summed E-state index contributed by atoms with van der Waals surface area (Å²) in [4.78, 5) is 0. The molecule has 4 nitrogen and oxygen atoms in total. The third-order valence-electron chi connectivity index (χ3n) is 1.91. The molecule has 0 saturated carbocycles. The minimum absolute atomic E-state index is 0.0930. The quantitative estimate of drug-likeness (QED) is 0.548. The number of phosphoric ester groups is 1. The normalized spacial score (nSPS) is 14.0. The van der Waals surface area contributed by atoms with Gasteiger partial charge >= 0.3 is 7.82 Å². The molecule has 0 aliphatic heterocycles. The molecule has 1 atom stereocenters. The molecule has 0 aromatic rings. The molecule has 0 N–H and O–H groups in total. The Hall–Kier alpha value is 0.110. The Morgan fingerprint density at radius 3 is 1.88 bits per heavy atom. The smallest absolute Gasteiger partial charge is 0.287 e. The summed E-state index contributed by atoms with van der Waals surface area (Å²) in [6, 6.07) is 0. The van der Waals surface area contributed by atoms with Crippen molar-refractivity contribution in [1.82, 2.24) is 0 Å². The second-order valence-corrected chi connectivity index (χ2v) is 5.44. The highest BCUT2D eigenvalue weighted by molar-refractivity contribution is 7.48. The molecule has 0 radical (unpaired) electrons. The third kappa shape index (κ3) is 7.39. The molecular formula is C11H25O4P. The van der Waals surface area contributed by atoms with Crippen molar-refractivity contribution in [3.05, 3.63) is 0 Å². The van der Waals surface area contributed by atoms with Gasteiger partial charge in [0.2, 0.25) is 0 Å². The molecule has 98 valence electrons. The van der Waals surface area contributed by atoms with E-state index in [4.69, 9.17) is 13.6 Å². The SMILES string of the molecule is CCCOP(=O)(OCCC)OC(C)CCC. The minimum Gasteiger partial charge on any atom is -0.287 e. The maximum absolute atomic E-state index is 12.1. The van der Waals surface area contributed by atoms with Gasteiger partial charge in [-0.2, -0.15) is 0 Å². The maximum Gasteiger partial charge on any atom is 0.475 e. The van der Waals surface area contributed by atoms with E-state index >= 15 is 0 Å². The molecule has 5 heteroatoms. The second kappa shape index (κ2) is 9.17. The number of rotatable bonds is 10. The highest BCUT2D eigenvalue weighted by Crippen LogP contribution is 2.51. The fourth-order valence-electron chi connectivity index (χ4n) is 1.18. The van der Waals surface area contributed by atoms with E-state index in [-0.39, 0.29) is 6.10 Å². The average Bonchev–Trinajstić information content (AvgIpc) is 2.24. The fraction of sp³-hybridized carbons (Fsp3) is 1.00. The summed E-state index contributed by atoms with van der Waals surface area (Å²) in [7, 11) is -3.34. The van der Waals surface area contributed by atoms with Crippen LogP contribution in [0.4, 0.5) is 0 Å². The van der Waals surface area contributed by atoms with E-state index in [9.17, 15) is 4.57 Å². The summed E-state index contributed by atoms with van der Waals surface area (Å²) < 4.78 is 28.0. The first-order chi connectivity index (χ1) is 7.58. The van der Waals surface area contributed by atoms with Crippen LogP contribution in [0.3, 0.4) is 0 Å². The van der Waals surface area contributed by atoms with Crippen LogP contribution in [0.5, 0.6) is 0 Å². The highest BCUT2D eigenvalue weighted by atomic mass is 31.2. The Labute approximate surface area is 99.3 Å². The zero-order valence-electron chi connectivity index (χ0n) is 10.9. The third-order valence-corrected chi connectivity index (χ3v) is 3.53. The van der Waals surface area contributed by atoms with Crippen molar-refractivity contribution in [2.45, 2.75) is 59.5 Å². The molecule has 0 saturated heterocycles. The first-order valence-corrected chi connectivity index (χ1v) is 7.61. The van der Waals surface area contributed by atoms with E-state index in [1.165, 1.54) is 0 Å². The molecule has 16 heavy (non-hydrogen) atoms. The molecule has 1 unspecified atom stereocenters. The molecule has 0 heterocycles. The topological polar surface area (TPSA) is 44.8 Å². The monoisotopic (exact) mass is 252 g/mol. The molecule has 0 rings (SSSR count). The van der Waals surface area contributed by atoms with E-state index in [1.54, 1.807) is 0 Å². The van der Waals surface area contributed by atoms with Crippen molar-refractivity contribution in [3.63, 3.8) is 0 Å². The first kappa shape index (κ1) is 16.1. The average molecular weight is 252 g/mol. The Balaban J connectivity index is 4.22. The van der Waals surface area contributed by atoms with Gasteiger partial charge in [0.15, 0.2) is 0 Å². The van der Waals surface area contributed by atoms with E-state index in [0.29, 0.717) is 13.2 Å². The first-order valence-electron chi connectivity index (χ1n) is 6.15. The molecule has 0 aromatic heterocycles. The molecule has 0 bridgehead atoms. The fourth-order valence-corrected chi connectivity index (χ4v) is 2.74. The van der Waals surface area contributed by atoms with Crippen molar-refractivity contribution >= 4 is 7.82 Å². The van der Waals surface area contributed by atoms with Crippen LogP contribution in [0.1, 0.15) is 53.4 Å². The molecule has 0 fully saturated rings. The Morgan fingerprint density at radius 2 is 1.50 bits per heavy atom. The lowest BCUT2D eigenvalue weighted by Crippen LogP contribution is -2.10. The van der Waals surface area contributed by atoms with E-state index in [2.05, 4.69) is 6.92 Å². The Kier molecular flexibility index (Phi) is 9.24. The Morgan fingerprint density at radius 1 is 1.00 bits per heavy atom. The van der Waals surface area contributed by atoms with Crippen molar-refractivity contribution in [1.29, 1.82) is 0 Å². The van der Waals surface area contributed by atoms with Crippen molar-refractivity contribution in [2.75, 3.05) is 13.2 Å². The lowest BCUT2D eigenvalue weighted by molar-refractivity contribution is 0.0811. The zero-order valence-corrected chi connectivity index (χ0v) is 11.8.